The molecule has 1 fully saturated rings. The number of nitrogens with one attached hydrogen (secondary N) is 2. The monoisotopic (exact) mass is 512 g/mol. The maximum Gasteiger partial charge on any atom is 0.262 e. The first-order chi connectivity index (χ1) is 18.4. The Bertz CT molecular complexity index is 1650. The normalized spacial score (nSPS) is 19.3. The molecule has 2 N–H and O–H groups in total. The molecule has 1 saturated carbocycles. The molecule has 9 nitrogen and oxygen atoms in total. The number of H-pyrrole nitrogens is 1. The van der Waals surface area contributed by atoms with Gasteiger partial charge in [-0.3, -0.25) is 10.2 Å². The van der Waals surface area contributed by atoms with E-state index >= 15 is 0 Å². The summed E-state index contributed by atoms with van der Waals surface area (Å²) in [5.41, 5.74) is 5.41. The van der Waals surface area contributed by atoms with E-state index in [9.17, 15) is 4.79 Å². The number of benzene rings is 1. The fourth-order valence-corrected chi connectivity index (χ4v) is 5.82. The van der Waals surface area contributed by atoms with Gasteiger partial charge in [-0.15, -0.1) is 0 Å². The number of rotatable bonds is 6. The first-order valence-electron chi connectivity index (χ1n) is 13.1. The molecule has 0 spiro atoms. The maximum absolute atomic E-state index is 13.5. The Kier molecular flexibility index (Phi) is 6.13. The minimum absolute atomic E-state index is 0.0101. The van der Waals surface area contributed by atoms with E-state index in [4.69, 9.17) is 14.9 Å². The second kappa shape index (κ2) is 9.63. The highest BCUT2D eigenvalue weighted by atomic mass is 16.5. The molecule has 3 aromatic heterocycles. The van der Waals surface area contributed by atoms with Crippen LogP contribution >= 0.6 is 0 Å². The van der Waals surface area contributed by atoms with E-state index in [-0.39, 0.29) is 17.2 Å². The predicted molar refractivity (Wildman–Crippen MR) is 144 cm³/mol. The molecule has 6 rings (SSSR count). The maximum atomic E-state index is 13.5. The zero-order valence-electron chi connectivity index (χ0n) is 21.9. The number of aromatic nitrogens is 5. The number of ether oxygens (including phenoxy) is 2. The smallest absolute Gasteiger partial charge is 0.262 e. The summed E-state index contributed by atoms with van der Waals surface area (Å²) in [5.74, 6) is 2.33. The van der Waals surface area contributed by atoms with Crippen molar-refractivity contribution < 1.29 is 9.47 Å². The molecule has 4 aromatic rings. The number of hydrogen-bond acceptors (Lipinski definition) is 6. The number of hydrogen-bond donors (Lipinski definition) is 2. The van der Waals surface area contributed by atoms with Gasteiger partial charge >= 0.3 is 0 Å². The molecule has 4 heterocycles. The van der Waals surface area contributed by atoms with Gasteiger partial charge in [0.25, 0.3) is 5.56 Å². The zero-order valence-corrected chi connectivity index (χ0v) is 21.9. The van der Waals surface area contributed by atoms with Gasteiger partial charge in [0, 0.05) is 18.3 Å². The van der Waals surface area contributed by atoms with E-state index in [0.29, 0.717) is 35.2 Å². The van der Waals surface area contributed by atoms with E-state index in [1.54, 1.807) is 19.8 Å². The lowest BCUT2D eigenvalue weighted by Crippen LogP contribution is -2.36. The number of imidazole rings is 1. The molecule has 1 aromatic carbocycles. The van der Waals surface area contributed by atoms with Crippen molar-refractivity contribution in [3.05, 3.63) is 81.2 Å². The van der Waals surface area contributed by atoms with Crippen molar-refractivity contribution in [3.8, 4) is 11.5 Å². The highest BCUT2D eigenvalue weighted by Gasteiger charge is 2.34. The summed E-state index contributed by atoms with van der Waals surface area (Å²) in [5, 5.41) is 7.98. The Morgan fingerprint density at radius 3 is 2.87 bits per heavy atom. The predicted octanol–water partition coefficient (Wildman–Crippen LogP) is 4.05. The molecule has 2 aliphatic rings. The van der Waals surface area contributed by atoms with Crippen LogP contribution in [0.15, 0.2) is 53.4 Å². The fourth-order valence-electron chi connectivity index (χ4n) is 5.82. The van der Waals surface area contributed by atoms with Gasteiger partial charge in [0.15, 0.2) is 11.1 Å². The standard InChI is InChI=1S/C29H32N6O3/c1-17(13-34-16-33-27(30)26-28(34)32-15-31-26)20-6-7-21-11-23-25(38-24(21)12-20)10-18(2)35(29(23)36)14-19-4-8-22(37-3)9-5-19/h4-5,8-11,15-17,20,24,30H,6-7,12-14H2,1-3H3,(H,31,32)/t17?,20-,24-/m0/s1. The van der Waals surface area contributed by atoms with Crippen molar-refractivity contribution in [1.29, 1.82) is 5.41 Å². The number of fused-ring (bicyclic) bond motifs is 3. The van der Waals surface area contributed by atoms with Crippen molar-refractivity contribution in [2.24, 2.45) is 11.8 Å². The van der Waals surface area contributed by atoms with Gasteiger partial charge in [0.05, 0.1) is 31.9 Å². The van der Waals surface area contributed by atoms with Crippen molar-refractivity contribution in [2.45, 2.75) is 52.3 Å². The second-order valence-electron chi connectivity index (χ2n) is 10.5. The van der Waals surface area contributed by atoms with Crippen LogP contribution in [-0.4, -0.2) is 37.3 Å². The number of nitrogens with zero attached hydrogens (tertiary/aromatic N) is 4. The van der Waals surface area contributed by atoms with Crippen LogP contribution < -0.4 is 20.5 Å². The highest BCUT2D eigenvalue weighted by Crippen LogP contribution is 2.40. The van der Waals surface area contributed by atoms with Gasteiger partial charge in [0.1, 0.15) is 23.1 Å². The first-order valence-corrected chi connectivity index (χ1v) is 13.1. The summed E-state index contributed by atoms with van der Waals surface area (Å²) in [6.07, 6.45) is 8.26. The Morgan fingerprint density at radius 2 is 2.08 bits per heavy atom. The summed E-state index contributed by atoms with van der Waals surface area (Å²) in [6.45, 7) is 5.50. The van der Waals surface area contributed by atoms with Crippen molar-refractivity contribution >= 4 is 17.2 Å². The van der Waals surface area contributed by atoms with Crippen molar-refractivity contribution in [3.63, 3.8) is 0 Å². The van der Waals surface area contributed by atoms with Gasteiger partial charge in [-0.25, -0.2) is 9.97 Å². The Morgan fingerprint density at radius 1 is 1.26 bits per heavy atom. The molecule has 38 heavy (non-hydrogen) atoms. The molecule has 0 bridgehead atoms. The zero-order chi connectivity index (χ0) is 26.4. The molecule has 1 aliphatic heterocycles. The van der Waals surface area contributed by atoms with Gasteiger partial charge in [-0.1, -0.05) is 19.1 Å². The number of methoxy groups -OCH3 is 1. The quantitative estimate of drug-likeness (QED) is 0.405. The van der Waals surface area contributed by atoms with Crippen LogP contribution in [0.3, 0.4) is 0 Å². The molecule has 9 heteroatoms. The molecular formula is C29H32N6O3. The topological polar surface area (TPSA) is 111 Å². The van der Waals surface area contributed by atoms with Gasteiger partial charge in [-0.2, -0.15) is 0 Å². The average Bonchev–Trinajstić information content (AvgIpc) is 3.43. The second-order valence-corrected chi connectivity index (χ2v) is 10.5. The van der Waals surface area contributed by atoms with Crippen LogP contribution in [0.25, 0.3) is 17.2 Å². The summed E-state index contributed by atoms with van der Waals surface area (Å²) < 4.78 is 15.6. The van der Waals surface area contributed by atoms with Crippen LogP contribution in [0.4, 0.5) is 0 Å². The molecule has 1 aliphatic carbocycles. The number of aromatic amines is 1. The molecule has 1 unspecified atom stereocenters. The molecule has 3 atom stereocenters. The van der Waals surface area contributed by atoms with Crippen molar-refractivity contribution in [2.75, 3.05) is 7.11 Å². The lowest BCUT2D eigenvalue weighted by Gasteiger charge is -2.37. The largest absolute Gasteiger partial charge is 0.497 e. The third-order valence-electron chi connectivity index (χ3n) is 8.08. The van der Waals surface area contributed by atoms with E-state index in [0.717, 1.165) is 48.5 Å². The van der Waals surface area contributed by atoms with Crippen LogP contribution in [0.1, 0.15) is 43.0 Å². The SMILES string of the molecule is COc1ccc(Cn2c(C)cc3c(c2=O)C=C2CC[C@H](C(C)Cn4cnc(=N)c5[nH]cnc54)C[C@@H]2O3)cc1. The Labute approximate surface area is 220 Å². The lowest BCUT2D eigenvalue weighted by atomic mass is 9.76. The molecule has 196 valence electrons. The minimum atomic E-state index is -0.0120. The van der Waals surface area contributed by atoms with Crippen LogP contribution in [-0.2, 0) is 13.1 Å². The Balaban J connectivity index is 1.20. The van der Waals surface area contributed by atoms with E-state index in [1.807, 2.05) is 46.4 Å². The first kappa shape index (κ1) is 24.2. The van der Waals surface area contributed by atoms with Crippen LogP contribution in [0, 0.1) is 24.2 Å². The van der Waals surface area contributed by atoms with Crippen LogP contribution in [0.2, 0.25) is 0 Å². The Hall–Kier alpha value is -4.14. The van der Waals surface area contributed by atoms with E-state index in [2.05, 4.69) is 28.0 Å². The summed E-state index contributed by atoms with van der Waals surface area (Å²) >= 11 is 0. The van der Waals surface area contributed by atoms with Gasteiger partial charge in [-0.05, 0) is 67.4 Å². The van der Waals surface area contributed by atoms with Crippen molar-refractivity contribution in [1.82, 2.24) is 24.1 Å². The number of pyridine rings is 1. The summed E-state index contributed by atoms with van der Waals surface area (Å²) in [4.78, 5) is 25.1. The fraction of sp³-hybridized carbons (Fsp3) is 0.379. The lowest BCUT2D eigenvalue weighted by molar-refractivity contribution is 0.136. The third kappa shape index (κ3) is 4.31. The van der Waals surface area contributed by atoms with Crippen LogP contribution in [0.5, 0.6) is 11.5 Å². The molecule has 0 saturated heterocycles. The molecule has 0 amide bonds. The minimum Gasteiger partial charge on any atom is -0.497 e. The van der Waals surface area contributed by atoms with Gasteiger partial charge < -0.3 is 23.6 Å². The van der Waals surface area contributed by atoms with Gasteiger partial charge in [0.2, 0.25) is 0 Å². The van der Waals surface area contributed by atoms with E-state index < -0.39 is 0 Å². The average molecular weight is 513 g/mol. The highest BCUT2D eigenvalue weighted by molar-refractivity contribution is 5.68. The summed E-state index contributed by atoms with van der Waals surface area (Å²) in [6, 6.07) is 9.81. The summed E-state index contributed by atoms with van der Waals surface area (Å²) in [7, 11) is 1.65. The van der Waals surface area contributed by atoms with E-state index in [1.165, 1.54) is 5.57 Å². The molecular weight excluding hydrogens is 480 g/mol. The third-order valence-corrected chi connectivity index (χ3v) is 8.08. The number of aryl methyl sites for hydroxylation is 1. The molecule has 0 radical (unpaired) electrons.